The third kappa shape index (κ3) is 3.81. The Balaban J connectivity index is 2.64. The zero-order chi connectivity index (χ0) is 11.4. The monoisotopic (exact) mass is 227 g/mol. The van der Waals surface area contributed by atoms with Gasteiger partial charge in [0.1, 0.15) is 0 Å². The van der Waals surface area contributed by atoms with Crippen molar-refractivity contribution in [3.05, 3.63) is 24.0 Å². The summed E-state index contributed by atoms with van der Waals surface area (Å²) in [6.07, 6.45) is 0.857. The first-order valence-corrected chi connectivity index (χ1v) is 5.87. The third-order valence-corrected chi connectivity index (χ3v) is 3.47. The number of pyridine rings is 1. The van der Waals surface area contributed by atoms with Crippen LogP contribution in [0.4, 0.5) is 0 Å². The molecule has 0 aromatic carbocycles. The summed E-state index contributed by atoms with van der Waals surface area (Å²) >= 11 is 1.58. The topological polar surface area (TPSA) is 53.4 Å². The molecular formula is C11H17NO2S. The van der Waals surface area contributed by atoms with Gasteiger partial charge in [0, 0.05) is 16.3 Å². The van der Waals surface area contributed by atoms with Crippen molar-refractivity contribution in [2.45, 2.75) is 43.1 Å². The fourth-order valence-electron chi connectivity index (χ4n) is 1.02. The van der Waals surface area contributed by atoms with Gasteiger partial charge >= 0.3 is 0 Å². The average molecular weight is 227 g/mol. The summed E-state index contributed by atoms with van der Waals surface area (Å²) in [5, 5.41) is 18.8. The van der Waals surface area contributed by atoms with Crippen LogP contribution < -0.4 is 0 Å². The van der Waals surface area contributed by atoms with Crippen molar-refractivity contribution in [1.82, 2.24) is 4.98 Å². The van der Waals surface area contributed by atoms with Crippen LogP contribution in [-0.4, -0.2) is 26.6 Å². The highest BCUT2D eigenvalue weighted by molar-refractivity contribution is 8.00. The molecule has 1 aromatic rings. The maximum Gasteiger partial charge on any atom is 0.0931 e. The molecule has 0 spiro atoms. The summed E-state index contributed by atoms with van der Waals surface area (Å²) in [6, 6.07) is 3.72. The predicted molar refractivity (Wildman–Crippen MR) is 61.9 cm³/mol. The van der Waals surface area contributed by atoms with Crippen LogP contribution in [-0.2, 0) is 0 Å². The second-order valence-electron chi connectivity index (χ2n) is 3.66. The average Bonchev–Trinajstić information content (AvgIpc) is 2.18. The number of hydrogen-bond donors (Lipinski definition) is 2. The lowest BCUT2D eigenvalue weighted by molar-refractivity contribution is 0.194. The first kappa shape index (κ1) is 12.5. The molecule has 1 aromatic heterocycles. The zero-order valence-corrected chi connectivity index (χ0v) is 10.0. The SMILES string of the molecule is CC(O)C(C)Sc1ccc([C@H](C)O)nc1. The molecule has 1 heterocycles. The van der Waals surface area contributed by atoms with E-state index in [1.54, 1.807) is 31.8 Å². The van der Waals surface area contributed by atoms with E-state index in [9.17, 15) is 10.2 Å². The van der Waals surface area contributed by atoms with Crippen LogP contribution in [0.2, 0.25) is 0 Å². The number of rotatable bonds is 4. The third-order valence-electron chi connectivity index (χ3n) is 2.19. The van der Waals surface area contributed by atoms with E-state index in [0.29, 0.717) is 5.69 Å². The summed E-state index contributed by atoms with van der Waals surface area (Å²) in [5.74, 6) is 0. The molecule has 3 atom stereocenters. The molecule has 0 saturated heterocycles. The Morgan fingerprint density at radius 1 is 1.20 bits per heavy atom. The van der Waals surface area contributed by atoms with Gasteiger partial charge in [0.15, 0.2) is 0 Å². The Morgan fingerprint density at radius 2 is 1.87 bits per heavy atom. The molecule has 0 aliphatic carbocycles. The molecule has 0 amide bonds. The Labute approximate surface area is 94.6 Å². The van der Waals surface area contributed by atoms with Gasteiger partial charge in [-0.3, -0.25) is 4.98 Å². The van der Waals surface area contributed by atoms with E-state index in [2.05, 4.69) is 4.98 Å². The van der Waals surface area contributed by atoms with E-state index in [-0.39, 0.29) is 11.4 Å². The molecule has 4 heteroatoms. The molecular weight excluding hydrogens is 210 g/mol. The van der Waals surface area contributed by atoms with Crippen molar-refractivity contribution in [1.29, 1.82) is 0 Å². The lowest BCUT2D eigenvalue weighted by Crippen LogP contribution is -2.14. The van der Waals surface area contributed by atoms with Gasteiger partial charge in [0.2, 0.25) is 0 Å². The van der Waals surface area contributed by atoms with Crippen molar-refractivity contribution in [2.24, 2.45) is 0 Å². The van der Waals surface area contributed by atoms with Crippen LogP contribution in [0.15, 0.2) is 23.2 Å². The molecule has 1 rings (SSSR count). The van der Waals surface area contributed by atoms with Crippen LogP contribution in [0.25, 0.3) is 0 Å². The number of hydrogen-bond acceptors (Lipinski definition) is 4. The molecule has 0 fully saturated rings. The number of aromatic nitrogens is 1. The van der Waals surface area contributed by atoms with E-state index < -0.39 is 6.10 Å². The highest BCUT2D eigenvalue weighted by atomic mass is 32.2. The van der Waals surface area contributed by atoms with Gasteiger partial charge in [-0.15, -0.1) is 11.8 Å². The van der Waals surface area contributed by atoms with Crippen molar-refractivity contribution in [3.8, 4) is 0 Å². The minimum absolute atomic E-state index is 0.143. The Morgan fingerprint density at radius 3 is 2.27 bits per heavy atom. The Hall–Kier alpha value is -0.580. The maximum absolute atomic E-state index is 9.34. The molecule has 0 radical (unpaired) electrons. The zero-order valence-electron chi connectivity index (χ0n) is 9.21. The first-order valence-electron chi connectivity index (χ1n) is 4.99. The summed E-state index contributed by atoms with van der Waals surface area (Å²) < 4.78 is 0. The number of aliphatic hydroxyl groups is 2. The molecule has 15 heavy (non-hydrogen) atoms. The fourth-order valence-corrected chi connectivity index (χ4v) is 1.91. The van der Waals surface area contributed by atoms with Gasteiger partial charge in [-0.25, -0.2) is 0 Å². The predicted octanol–water partition coefficient (Wildman–Crippen LogP) is 2.00. The first-order chi connectivity index (χ1) is 7.00. The highest BCUT2D eigenvalue weighted by Gasteiger charge is 2.10. The second kappa shape index (κ2) is 5.49. The maximum atomic E-state index is 9.34. The number of aliphatic hydroxyl groups excluding tert-OH is 2. The summed E-state index contributed by atoms with van der Waals surface area (Å²) in [5.41, 5.74) is 0.670. The van der Waals surface area contributed by atoms with E-state index >= 15 is 0 Å². The van der Waals surface area contributed by atoms with Crippen LogP contribution >= 0.6 is 11.8 Å². The fraction of sp³-hybridized carbons (Fsp3) is 0.545. The van der Waals surface area contributed by atoms with Gasteiger partial charge < -0.3 is 10.2 Å². The molecule has 2 N–H and O–H groups in total. The molecule has 0 bridgehead atoms. The Bertz CT molecular complexity index is 298. The van der Waals surface area contributed by atoms with E-state index in [0.717, 1.165) is 4.90 Å². The van der Waals surface area contributed by atoms with Crippen LogP contribution in [0.1, 0.15) is 32.6 Å². The van der Waals surface area contributed by atoms with Crippen LogP contribution in [0.3, 0.4) is 0 Å². The van der Waals surface area contributed by atoms with Gasteiger partial charge in [-0.2, -0.15) is 0 Å². The molecule has 0 aliphatic rings. The van der Waals surface area contributed by atoms with Crippen molar-refractivity contribution >= 4 is 11.8 Å². The minimum Gasteiger partial charge on any atom is -0.392 e. The number of nitrogens with zero attached hydrogens (tertiary/aromatic N) is 1. The van der Waals surface area contributed by atoms with Gasteiger partial charge in [0.05, 0.1) is 17.9 Å². The molecule has 84 valence electrons. The normalized spacial score (nSPS) is 17.1. The van der Waals surface area contributed by atoms with Crippen molar-refractivity contribution < 1.29 is 10.2 Å². The van der Waals surface area contributed by atoms with Crippen LogP contribution in [0, 0.1) is 0 Å². The van der Waals surface area contributed by atoms with Gasteiger partial charge in [0.25, 0.3) is 0 Å². The van der Waals surface area contributed by atoms with Crippen molar-refractivity contribution in [3.63, 3.8) is 0 Å². The van der Waals surface area contributed by atoms with Gasteiger partial charge in [-0.1, -0.05) is 6.92 Å². The van der Waals surface area contributed by atoms with Crippen LogP contribution in [0.5, 0.6) is 0 Å². The molecule has 0 saturated carbocycles. The summed E-state index contributed by atoms with van der Waals surface area (Å²) in [6.45, 7) is 5.43. The van der Waals surface area contributed by atoms with E-state index in [1.165, 1.54) is 0 Å². The number of thioether (sulfide) groups is 1. The quantitative estimate of drug-likeness (QED) is 0.772. The molecule has 3 nitrogen and oxygen atoms in total. The minimum atomic E-state index is -0.529. The van der Waals surface area contributed by atoms with Gasteiger partial charge in [-0.05, 0) is 26.0 Å². The molecule has 0 aliphatic heterocycles. The molecule has 2 unspecified atom stereocenters. The van der Waals surface area contributed by atoms with Crippen molar-refractivity contribution in [2.75, 3.05) is 0 Å². The summed E-state index contributed by atoms with van der Waals surface area (Å²) in [7, 11) is 0. The Kier molecular flexibility index (Phi) is 4.57. The highest BCUT2D eigenvalue weighted by Crippen LogP contribution is 2.25. The smallest absolute Gasteiger partial charge is 0.0931 e. The van der Waals surface area contributed by atoms with E-state index in [4.69, 9.17) is 0 Å². The lowest BCUT2D eigenvalue weighted by atomic mass is 10.2. The largest absolute Gasteiger partial charge is 0.392 e. The summed E-state index contributed by atoms with van der Waals surface area (Å²) in [4.78, 5) is 5.15. The second-order valence-corrected chi connectivity index (χ2v) is 5.11. The lowest BCUT2D eigenvalue weighted by Gasteiger charge is -2.14. The van der Waals surface area contributed by atoms with E-state index in [1.807, 2.05) is 19.1 Å². The standard InChI is InChI=1S/C11H17NO2S/c1-7(13)9(3)15-10-4-5-11(8(2)14)12-6-10/h4-9,13-14H,1-3H3/t7?,8-,9?/m0/s1.